The summed E-state index contributed by atoms with van der Waals surface area (Å²) in [5, 5.41) is 6.49. The molecule has 0 saturated heterocycles. The number of amides is 1. The number of rotatable bonds is 6. The fraction of sp³-hybridized carbons (Fsp3) is 0.208. The summed E-state index contributed by atoms with van der Waals surface area (Å²) < 4.78 is 52.7. The monoisotopic (exact) mass is 470 g/mol. The number of ether oxygens (including phenoxy) is 2. The van der Waals surface area contributed by atoms with Crippen LogP contribution in [0.25, 0.3) is 16.9 Å². The van der Waals surface area contributed by atoms with E-state index in [0.29, 0.717) is 27.3 Å². The zero-order valence-corrected chi connectivity index (χ0v) is 18.6. The number of aryl methyl sites for hydroxylation is 1. The van der Waals surface area contributed by atoms with Gasteiger partial charge in [-0.3, -0.25) is 4.79 Å². The maximum absolute atomic E-state index is 13.9. The fourth-order valence-corrected chi connectivity index (χ4v) is 3.49. The lowest BCUT2D eigenvalue weighted by atomic mass is 10.1. The summed E-state index contributed by atoms with van der Waals surface area (Å²) in [6.45, 7) is 2.01. The number of carbonyl (C=O) groups excluding carboxylic acids is 1. The summed E-state index contributed by atoms with van der Waals surface area (Å²) in [6.07, 6.45) is -2.82. The van der Waals surface area contributed by atoms with E-state index < -0.39 is 17.8 Å². The molecule has 4 aromatic rings. The highest BCUT2D eigenvalue weighted by Gasteiger charge is 2.36. The van der Waals surface area contributed by atoms with E-state index >= 15 is 0 Å². The Kier molecular flexibility index (Phi) is 6.14. The summed E-state index contributed by atoms with van der Waals surface area (Å²) in [4.78, 5) is 17.3. The molecule has 1 amide bonds. The van der Waals surface area contributed by atoms with Crippen molar-refractivity contribution in [1.29, 1.82) is 0 Å². The number of carbonyl (C=O) groups is 1. The van der Waals surface area contributed by atoms with Gasteiger partial charge < -0.3 is 14.8 Å². The molecule has 0 aliphatic rings. The minimum Gasteiger partial charge on any atom is -0.493 e. The van der Waals surface area contributed by atoms with Crippen LogP contribution in [0.2, 0.25) is 0 Å². The van der Waals surface area contributed by atoms with Crippen LogP contribution < -0.4 is 14.8 Å². The van der Waals surface area contributed by atoms with Crippen LogP contribution in [0.5, 0.6) is 11.5 Å². The van der Waals surface area contributed by atoms with Crippen molar-refractivity contribution in [3.05, 3.63) is 71.5 Å². The van der Waals surface area contributed by atoms with Gasteiger partial charge in [0.15, 0.2) is 22.8 Å². The number of aromatic nitrogens is 3. The summed E-state index contributed by atoms with van der Waals surface area (Å²) >= 11 is 0. The number of nitrogens with one attached hydrogen (secondary N) is 1. The highest BCUT2D eigenvalue weighted by Crippen LogP contribution is 2.35. The molecule has 2 aromatic carbocycles. The molecular formula is C24H21F3N4O3. The third-order valence-corrected chi connectivity index (χ3v) is 5.31. The Balaban J connectivity index is 1.81. The lowest BCUT2D eigenvalue weighted by Crippen LogP contribution is -2.15. The minimum absolute atomic E-state index is 0.00243. The predicted molar refractivity (Wildman–Crippen MR) is 120 cm³/mol. The van der Waals surface area contributed by atoms with E-state index in [1.807, 2.05) is 19.1 Å². The van der Waals surface area contributed by atoms with Crippen LogP contribution in [0.4, 0.5) is 18.9 Å². The van der Waals surface area contributed by atoms with Gasteiger partial charge in [0.25, 0.3) is 5.91 Å². The Morgan fingerprint density at radius 1 is 1.03 bits per heavy atom. The second kappa shape index (κ2) is 9.05. The molecule has 0 bridgehead atoms. The van der Waals surface area contributed by atoms with Crippen LogP contribution in [0.15, 0.2) is 54.7 Å². The van der Waals surface area contributed by atoms with Crippen molar-refractivity contribution in [2.75, 3.05) is 19.5 Å². The highest BCUT2D eigenvalue weighted by atomic mass is 19.4. The van der Waals surface area contributed by atoms with Gasteiger partial charge in [-0.25, -0.2) is 9.50 Å². The predicted octanol–water partition coefficient (Wildman–Crippen LogP) is 5.25. The van der Waals surface area contributed by atoms with Crippen molar-refractivity contribution < 1.29 is 27.4 Å². The second-order valence-corrected chi connectivity index (χ2v) is 7.39. The number of halogens is 3. The van der Waals surface area contributed by atoms with Gasteiger partial charge in [0, 0.05) is 11.3 Å². The first kappa shape index (κ1) is 23.1. The zero-order valence-electron chi connectivity index (χ0n) is 18.6. The molecule has 176 valence electrons. The lowest BCUT2D eigenvalue weighted by molar-refractivity contribution is -0.142. The van der Waals surface area contributed by atoms with Gasteiger partial charge in [0.2, 0.25) is 0 Å². The summed E-state index contributed by atoms with van der Waals surface area (Å²) in [5.74, 6) is 0.128. The normalized spacial score (nSPS) is 11.5. The van der Waals surface area contributed by atoms with Gasteiger partial charge in [-0.1, -0.05) is 19.1 Å². The number of anilines is 1. The summed E-state index contributed by atoms with van der Waals surface area (Å²) in [5.41, 5.74) is 0.581. The number of alkyl halides is 3. The van der Waals surface area contributed by atoms with E-state index in [4.69, 9.17) is 9.47 Å². The first-order valence-electron chi connectivity index (χ1n) is 10.3. The quantitative estimate of drug-likeness (QED) is 0.417. The fourth-order valence-electron chi connectivity index (χ4n) is 3.49. The van der Waals surface area contributed by atoms with Crippen molar-refractivity contribution >= 4 is 17.2 Å². The molecule has 7 nitrogen and oxygen atoms in total. The average molecular weight is 470 g/mol. The standard InChI is InChI=1S/C24H21F3N4O3/c1-4-14-5-8-16(9-6-14)29-23(32)17-13-28-31-21(24(25,26)27)12-18(30-22(17)31)15-7-10-19(33-2)20(11-15)34-3/h5-13H,4H2,1-3H3,(H,29,32). The molecule has 0 atom stereocenters. The number of nitrogens with zero attached hydrogens (tertiary/aromatic N) is 3. The molecule has 1 N–H and O–H groups in total. The van der Waals surface area contributed by atoms with Gasteiger partial charge in [-0.05, 0) is 48.4 Å². The third-order valence-electron chi connectivity index (χ3n) is 5.31. The molecule has 0 fully saturated rings. The van der Waals surface area contributed by atoms with Crippen molar-refractivity contribution in [3.8, 4) is 22.8 Å². The summed E-state index contributed by atoms with van der Waals surface area (Å²) in [6, 6.07) is 12.7. The van der Waals surface area contributed by atoms with Gasteiger partial charge in [0.1, 0.15) is 5.56 Å². The van der Waals surface area contributed by atoms with Crippen LogP contribution in [-0.4, -0.2) is 34.7 Å². The molecule has 0 spiro atoms. The molecule has 0 saturated carbocycles. The Bertz CT molecular complexity index is 1350. The number of benzene rings is 2. The smallest absolute Gasteiger partial charge is 0.433 e. The first-order valence-corrected chi connectivity index (χ1v) is 10.3. The lowest BCUT2D eigenvalue weighted by Gasteiger charge is -2.13. The van der Waals surface area contributed by atoms with E-state index in [2.05, 4.69) is 15.4 Å². The second-order valence-electron chi connectivity index (χ2n) is 7.39. The van der Waals surface area contributed by atoms with Crippen molar-refractivity contribution in [1.82, 2.24) is 14.6 Å². The van der Waals surface area contributed by atoms with Crippen LogP contribution in [0.1, 0.15) is 28.5 Å². The van der Waals surface area contributed by atoms with Crippen LogP contribution in [-0.2, 0) is 12.6 Å². The number of methoxy groups -OCH3 is 2. The Morgan fingerprint density at radius 2 is 1.74 bits per heavy atom. The molecule has 0 radical (unpaired) electrons. The first-order chi connectivity index (χ1) is 16.2. The molecule has 2 heterocycles. The maximum Gasteiger partial charge on any atom is 0.433 e. The van der Waals surface area contributed by atoms with Crippen LogP contribution in [0.3, 0.4) is 0 Å². The minimum atomic E-state index is -4.73. The molecule has 2 aromatic heterocycles. The van der Waals surface area contributed by atoms with Crippen LogP contribution >= 0.6 is 0 Å². The molecule has 0 aliphatic heterocycles. The maximum atomic E-state index is 13.9. The topological polar surface area (TPSA) is 77.8 Å². The highest BCUT2D eigenvalue weighted by molar-refractivity contribution is 6.08. The number of fused-ring (bicyclic) bond motifs is 1. The van der Waals surface area contributed by atoms with E-state index in [9.17, 15) is 18.0 Å². The van der Waals surface area contributed by atoms with E-state index in [0.717, 1.165) is 24.2 Å². The number of hydrogen-bond donors (Lipinski definition) is 1. The molecule has 34 heavy (non-hydrogen) atoms. The van der Waals surface area contributed by atoms with Gasteiger partial charge in [0.05, 0.1) is 26.1 Å². The third kappa shape index (κ3) is 4.39. The van der Waals surface area contributed by atoms with Crippen molar-refractivity contribution in [3.63, 3.8) is 0 Å². The zero-order chi connectivity index (χ0) is 24.5. The SMILES string of the molecule is CCc1ccc(NC(=O)c2cnn3c(C(F)(F)F)cc(-c4ccc(OC)c(OC)c4)nc23)cc1. The van der Waals surface area contributed by atoms with E-state index in [1.54, 1.807) is 24.3 Å². The van der Waals surface area contributed by atoms with Crippen molar-refractivity contribution in [2.24, 2.45) is 0 Å². The molecular weight excluding hydrogens is 449 g/mol. The van der Waals surface area contributed by atoms with Gasteiger partial charge in [-0.2, -0.15) is 18.3 Å². The van der Waals surface area contributed by atoms with Crippen molar-refractivity contribution in [2.45, 2.75) is 19.5 Å². The number of hydrogen-bond acceptors (Lipinski definition) is 5. The largest absolute Gasteiger partial charge is 0.493 e. The Labute approximate surface area is 193 Å². The van der Waals surface area contributed by atoms with Gasteiger partial charge in [-0.15, -0.1) is 0 Å². The van der Waals surface area contributed by atoms with Gasteiger partial charge >= 0.3 is 6.18 Å². The van der Waals surface area contributed by atoms with Crippen LogP contribution in [0, 0.1) is 0 Å². The van der Waals surface area contributed by atoms with E-state index in [1.165, 1.54) is 20.3 Å². The molecule has 4 rings (SSSR count). The Morgan fingerprint density at radius 3 is 2.35 bits per heavy atom. The average Bonchev–Trinajstić information content (AvgIpc) is 3.27. The molecule has 10 heteroatoms. The molecule has 0 unspecified atom stereocenters. The Hall–Kier alpha value is -4.08. The summed E-state index contributed by atoms with van der Waals surface area (Å²) in [7, 11) is 2.88. The van der Waals surface area contributed by atoms with E-state index in [-0.39, 0.29) is 16.9 Å². The molecule has 0 aliphatic carbocycles.